The lowest BCUT2D eigenvalue weighted by Gasteiger charge is -2.12. The third-order valence-corrected chi connectivity index (χ3v) is 4.13. The molecule has 0 fully saturated rings. The van der Waals surface area contributed by atoms with Gasteiger partial charge in [0.25, 0.3) is 0 Å². The summed E-state index contributed by atoms with van der Waals surface area (Å²) in [6.45, 7) is 3.20. The highest BCUT2D eigenvalue weighted by Crippen LogP contribution is 2.26. The van der Waals surface area contributed by atoms with E-state index in [2.05, 4.69) is 0 Å². The molecule has 2 rings (SSSR count). The highest BCUT2D eigenvalue weighted by Gasteiger charge is 2.12. The number of rotatable bonds is 5. The number of aromatic carboxylic acids is 1. The van der Waals surface area contributed by atoms with Crippen LogP contribution in [-0.2, 0) is 0 Å². The van der Waals surface area contributed by atoms with E-state index in [1.54, 1.807) is 50.3 Å². The van der Waals surface area contributed by atoms with Crippen molar-refractivity contribution >= 4 is 23.6 Å². The van der Waals surface area contributed by atoms with E-state index in [4.69, 9.17) is 16.7 Å². The molecule has 0 heterocycles. The summed E-state index contributed by atoms with van der Waals surface area (Å²) < 4.78 is 13.6. The van der Waals surface area contributed by atoms with E-state index < -0.39 is 11.8 Å². The van der Waals surface area contributed by atoms with Crippen LogP contribution in [0, 0.1) is 19.7 Å². The number of aliphatic hydroxyl groups excluding tert-OH is 1. The molecule has 2 N–H and O–H groups in total. The minimum absolute atomic E-state index is 0.0264. The Bertz CT molecular complexity index is 776. The Hall–Kier alpha value is -2.17. The van der Waals surface area contributed by atoms with Crippen LogP contribution in [0.3, 0.4) is 0 Å². The summed E-state index contributed by atoms with van der Waals surface area (Å²) in [4.78, 5) is 11.0. The first-order chi connectivity index (χ1) is 11.3. The van der Waals surface area contributed by atoms with Gasteiger partial charge in [-0.15, -0.1) is 0 Å². The zero-order valence-electron chi connectivity index (χ0n) is 13.4. The molecule has 5 heteroatoms. The van der Waals surface area contributed by atoms with Crippen LogP contribution in [0.5, 0.6) is 0 Å². The molecule has 0 amide bonds. The van der Waals surface area contributed by atoms with E-state index in [1.165, 1.54) is 6.07 Å². The average Bonchev–Trinajstić information content (AvgIpc) is 2.52. The molecule has 0 aromatic heterocycles. The minimum Gasteiger partial charge on any atom is -0.478 e. The fraction of sp³-hybridized carbons (Fsp3) is 0.211. The Balaban J connectivity index is 2.29. The SMILES string of the molecule is Cc1cc(/C=C/C(CO)c2cc(C)c(F)c(Cl)c2)ccc1C(=O)O. The lowest BCUT2D eigenvalue weighted by Crippen LogP contribution is -2.02. The van der Waals surface area contributed by atoms with Gasteiger partial charge in [-0.1, -0.05) is 42.0 Å². The molecule has 126 valence electrons. The first-order valence-corrected chi connectivity index (χ1v) is 7.79. The molecule has 0 saturated heterocycles. The normalized spacial score (nSPS) is 12.5. The summed E-state index contributed by atoms with van der Waals surface area (Å²) in [5.74, 6) is -1.75. The molecule has 24 heavy (non-hydrogen) atoms. The van der Waals surface area contributed by atoms with Crippen LogP contribution in [0.2, 0.25) is 5.02 Å². The molecule has 0 aliphatic rings. The number of aliphatic hydroxyl groups is 1. The number of hydrogen-bond donors (Lipinski definition) is 2. The molecular formula is C19H18ClFO3. The van der Waals surface area contributed by atoms with Gasteiger partial charge in [-0.3, -0.25) is 0 Å². The highest BCUT2D eigenvalue weighted by molar-refractivity contribution is 6.30. The van der Waals surface area contributed by atoms with Crippen LogP contribution in [0.4, 0.5) is 4.39 Å². The molecule has 1 unspecified atom stereocenters. The van der Waals surface area contributed by atoms with Crippen molar-refractivity contribution < 1.29 is 19.4 Å². The Morgan fingerprint density at radius 2 is 1.96 bits per heavy atom. The Kier molecular flexibility index (Phi) is 5.75. The Morgan fingerprint density at radius 3 is 2.50 bits per heavy atom. The molecular weight excluding hydrogens is 331 g/mol. The maximum Gasteiger partial charge on any atom is 0.335 e. The molecule has 2 aromatic carbocycles. The fourth-order valence-electron chi connectivity index (χ4n) is 2.50. The summed E-state index contributed by atoms with van der Waals surface area (Å²) in [5.41, 5.74) is 2.88. The first kappa shape index (κ1) is 18.2. The van der Waals surface area contributed by atoms with Crippen molar-refractivity contribution in [1.29, 1.82) is 0 Å². The van der Waals surface area contributed by atoms with Crippen LogP contribution >= 0.6 is 11.6 Å². The van der Waals surface area contributed by atoms with E-state index in [-0.39, 0.29) is 23.1 Å². The average molecular weight is 349 g/mol. The lowest BCUT2D eigenvalue weighted by molar-refractivity contribution is 0.0696. The van der Waals surface area contributed by atoms with Crippen LogP contribution in [0.15, 0.2) is 36.4 Å². The predicted octanol–water partition coefficient (Wildman–Crippen LogP) is 4.58. The number of hydrogen-bond acceptors (Lipinski definition) is 2. The van der Waals surface area contributed by atoms with Crippen molar-refractivity contribution in [3.63, 3.8) is 0 Å². The molecule has 0 aliphatic heterocycles. The van der Waals surface area contributed by atoms with Crippen molar-refractivity contribution in [3.05, 3.63) is 75.1 Å². The van der Waals surface area contributed by atoms with Crippen molar-refractivity contribution in [1.82, 2.24) is 0 Å². The molecule has 3 nitrogen and oxygen atoms in total. The molecule has 0 saturated carbocycles. The van der Waals surface area contributed by atoms with Gasteiger partial charge < -0.3 is 10.2 Å². The summed E-state index contributed by atoms with van der Waals surface area (Å²) in [6.07, 6.45) is 3.59. The van der Waals surface area contributed by atoms with Crippen molar-refractivity contribution in [3.8, 4) is 0 Å². The summed E-state index contributed by atoms with van der Waals surface area (Å²) >= 11 is 5.87. The van der Waals surface area contributed by atoms with E-state index in [0.717, 1.165) is 11.1 Å². The topological polar surface area (TPSA) is 57.5 Å². The van der Waals surface area contributed by atoms with E-state index >= 15 is 0 Å². The van der Waals surface area contributed by atoms with Gasteiger partial charge in [0.1, 0.15) is 5.82 Å². The number of halogens is 2. The third kappa shape index (κ3) is 4.02. The smallest absolute Gasteiger partial charge is 0.335 e. The number of benzene rings is 2. The molecule has 2 aromatic rings. The van der Waals surface area contributed by atoms with Crippen LogP contribution in [0.25, 0.3) is 6.08 Å². The maximum absolute atomic E-state index is 13.6. The second-order valence-electron chi connectivity index (χ2n) is 5.66. The zero-order chi connectivity index (χ0) is 17.9. The standard InChI is InChI=1S/C19H18ClFO3/c1-11-7-13(4-6-16(11)19(23)24)3-5-14(10-22)15-8-12(2)18(21)17(20)9-15/h3-9,14,22H,10H2,1-2H3,(H,23,24)/b5-3+. The first-order valence-electron chi connectivity index (χ1n) is 7.42. The summed E-state index contributed by atoms with van der Waals surface area (Å²) in [5, 5.41) is 18.7. The second-order valence-corrected chi connectivity index (χ2v) is 6.07. The van der Waals surface area contributed by atoms with E-state index in [1.807, 2.05) is 0 Å². The number of carbonyl (C=O) groups is 1. The van der Waals surface area contributed by atoms with Crippen LogP contribution < -0.4 is 0 Å². The second kappa shape index (κ2) is 7.60. The Labute approximate surface area is 145 Å². The van der Waals surface area contributed by atoms with Gasteiger partial charge in [0, 0.05) is 5.92 Å². The molecule has 0 bridgehead atoms. The number of carboxylic acids is 1. The van der Waals surface area contributed by atoms with Crippen LogP contribution in [0.1, 0.15) is 38.5 Å². The predicted molar refractivity (Wildman–Crippen MR) is 93.1 cm³/mol. The fourth-order valence-corrected chi connectivity index (χ4v) is 2.78. The largest absolute Gasteiger partial charge is 0.478 e. The van der Waals surface area contributed by atoms with E-state index in [0.29, 0.717) is 11.1 Å². The minimum atomic E-state index is -0.965. The summed E-state index contributed by atoms with van der Waals surface area (Å²) in [6, 6.07) is 8.17. The van der Waals surface area contributed by atoms with Crippen molar-refractivity contribution in [2.45, 2.75) is 19.8 Å². The van der Waals surface area contributed by atoms with Gasteiger partial charge in [0.15, 0.2) is 0 Å². The van der Waals surface area contributed by atoms with Gasteiger partial charge in [0.2, 0.25) is 0 Å². The van der Waals surface area contributed by atoms with Gasteiger partial charge >= 0.3 is 5.97 Å². The lowest BCUT2D eigenvalue weighted by atomic mass is 9.96. The van der Waals surface area contributed by atoms with Crippen molar-refractivity contribution in [2.24, 2.45) is 0 Å². The molecule has 0 spiro atoms. The molecule has 1 atom stereocenters. The number of carboxylic acid groups (broad SMARTS) is 1. The van der Waals surface area contributed by atoms with Crippen LogP contribution in [-0.4, -0.2) is 22.8 Å². The zero-order valence-corrected chi connectivity index (χ0v) is 14.1. The van der Waals surface area contributed by atoms with Gasteiger partial charge in [-0.05, 0) is 48.2 Å². The molecule has 0 aliphatic carbocycles. The third-order valence-electron chi connectivity index (χ3n) is 3.86. The van der Waals surface area contributed by atoms with Gasteiger partial charge in [-0.25, -0.2) is 9.18 Å². The van der Waals surface area contributed by atoms with Crippen molar-refractivity contribution in [2.75, 3.05) is 6.61 Å². The van der Waals surface area contributed by atoms with Gasteiger partial charge in [-0.2, -0.15) is 0 Å². The Morgan fingerprint density at radius 1 is 1.25 bits per heavy atom. The van der Waals surface area contributed by atoms with E-state index in [9.17, 15) is 14.3 Å². The highest BCUT2D eigenvalue weighted by atomic mass is 35.5. The monoisotopic (exact) mass is 348 g/mol. The molecule has 0 radical (unpaired) electrons. The summed E-state index contributed by atoms with van der Waals surface area (Å²) in [7, 11) is 0. The maximum atomic E-state index is 13.6. The van der Waals surface area contributed by atoms with Gasteiger partial charge in [0.05, 0.1) is 17.2 Å². The number of aryl methyl sites for hydroxylation is 2. The quantitative estimate of drug-likeness (QED) is 0.831.